The lowest BCUT2D eigenvalue weighted by Crippen LogP contribution is -2.36. The summed E-state index contributed by atoms with van der Waals surface area (Å²) in [6.45, 7) is 1.76. The summed E-state index contributed by atoms with van der Waals surface area (Å²) < 4.78 is 6.19. The van der Waals surface area contributed by atoms with Crippen LogP contribution in [0.15, 0.2) is 94.2 Å². The zero-order chi connectivity index (χ0) is 21.8. The summed E-state index contributed by atoms with van der Waals surface area (Å²) in [5, 5.41) is 3.93. The van der Waals surface area contributed by atoms with E-state index in [4.69, 9.17) is 4.52 Å². The van der Waals surface area contributed by atoms with Gasteiger partial charge in [0.2, 0.25) is 5.91 Å². The summed E-state index contributed by atoms with van der Waals surface area (Å²) in [6.07, 6.45) is 0. The lowest BCUT2D eigenvalue weighted by Gasteiger charge is -2.29. The van der Waals surface area contributed by atoms with Crippen LogP contribution in [0, 0.1) is 6.92 Å². The molecular weight excluding hydrogens is 390 g/mol. The minimum atomic E-state index is -0.657. The first kappa shape index (κ1) is 20.3. The van der Waals surface area contributed by atoms with Gasteiger partial charge in [-0.15, -0.1) is 0 Å². The van der Waals surface area contributed by atoms with Gasteiger partial charge in [-0.05, 0) is 23.6 Å². The van der Waals surface area contributed by atoms with Crippen molar-refractivity contribution in [1.82, 2.24) is 14.6 Å². The van der Waals surface area contributed by atoms with Crippen molar-refractivity contribution in [3.05, 3.63) is 112 Å². The van der Waals surface area contributed by atoms with E-state index >= 15 is 0 Å². The first-order valence-corrected chi connectivity index (χ1v) is 10.0. The Kier molecular flexibility index (Phi) is 5.80. The van der Waals surface area contributed by atoms with Gasteiger partial charge in [-0.2, -0.15) is 0 Å². The highest BCUT2D eigenvalue weighted by atomic mass is 16.5. The van der Waals surface area contributed by atoms with E-state index in [1.54, 1.807) is 11.9 Å². The fourth-order valence-electron chi connectivity index (χ4n) is 3.73. The summed E-state index contributed by atoms with van der Waals surface area (Å²) in [5.74, 6) is -0.533. The van der Waals surface area contributed by atoms with Gasteiger partial charge in [0, 0.05) is 12.6 Å². The van der Waals surface area contributed by atoms with Gasteiger partial charge in [0.15, 0.2) is 5.82 Å². The fraction of sp³-hybridized carbons (Fsp3) is 0.160. The maximum Gasteiger partial charge on any atom is 0.442 e. The second-order valence-corrected chi connectivity index (χ2v) is 7.40. The van der Waals surface area contributed by atoms with E-state index in [0.29, 0.717) is 5.82 Å². The van der Waals surface area contributed by atoms with Crippen LogP contribution in [0.2, 0.25) is 0 Å². The number of hydrogen-bond acceptors (Lipinski definition) is 4. The number of carbonyl (C=O) groups is 1. The Hall–Kier alpha value is -3.93. The normalized spacial score (nSPS) is 10.9. The highest BCUT2D eigenvalue weighted by Crippen LogP contribution is 2.28. The average Bonchev–Trinajstić information content (AvgIpc) is 3.15. The molecule has 1 amide bonds. The molecule has 0 unspecified atom stereocenters. The van der Waals surface area contributed by atoms with E-state index < -0.39 is 5.76 Å². The number of benzene rings is 3. The maximum absolute atomic E-state index is 13.3. The van der Waals surface area contributed by atoms with Crippen molar-refractivity contribution in [1.29, 1.82) is 0 Å². The highest BCUT2D eigenvalue weighted by Gasteiger charge is 2.25. The average molecular weight is 413 g/mol. The van der Waals surface area contributed by atoms with Gasteiger partial charge in [-0.25, -0.2) is 9.36 Å². The molecule has 0 saturated heterocycles. The molecule has 0 radical (unpaired) electrons. The van der Waals surface area contributed by atoms with Crippen LogP contribution in [0.4, 0.5) is 0 Å². The Morgan fingerprint density at radius 2 is 1.48 bits per heavy atom. The van der Waals surface area contributed by atoms with Crippen LogP contribution in [0.1, 0.15) is 22.7 Å². The summed E-state index contributed by atoms with van der Waals surface area (Å²) in [4.78, 5) is 27.3. The molecule has 0 atom stereocenters. The third-order valence-electron chi connectivity index (χ3n) is 5.38. The quantitative estimate of drug-likeness (QED) is 0.478. The minimum Gasteiger partial charge on any atom is -0.333 e. The van der Waals surface area contributed by atoms with Crippen molar-refractivity contribution in [2.45, 2.75) is 19.5 Å². The van der Waals surface area contributed by atoms with Crippen LogP contribution in [-0.2, 0) is 11.3 Å². The molecular formula is C25H23N3O3. The molecule has 6 nitrogen and oxygen atoms in total. The Morgan fingerprint density at radius 3 is 2.06 bits per heavy atom. The Balaban J connectivity index is 1.68. The third-order valence-corrected chi connectivity index (χ3v) is 5.38. The molecule has 0 spiro atoms. The van der Waals surface area contributed by atoms with Gasteiger partial charge >= 0.3 is 5.76 Å². The second-order valence-electron chi connectivity index (χ2n) is 7.40. The molecule has 0 fully saturated rings. The standard InChI is InChI=1S/C25H23N3O3/c1-18-11-9-10-16-21(18)24-26-31-25(30)28(24)17-22(29)27(2)23(19-12-5-3-6-13-19)20-14-7-4-8-15-20/h3-16,23H,17H2,1-2H3. The van der Waals surface area contributed by atoms with Gasteiger partial charge in [0.1, 0.15) is 6.54 Å². The van der Waals surface area contributed by atoms with Crippen LogP contribution in [0.3, 0.4) is 0 Å². The summed E-state index contributed by atoms with van der Waals surface area (Å²) in [7, 11) is 1.75. The summed E-state index contributed by atoms with van der Waals surface area (Å²) in [6, 6.07) is 26.9. The predicted molar refractivity (Wildman–Crippen MR) is 118 cm³/mol. The van der Waals surface area contributed by atoms with Crippen LogP contribution in [0.5, 0.6) is 0 Å². The Bertz CT molecular complexity index is 1190. The number of amides is 1. The van der Waals surface area contributed by atoms with Crippen molar-refractivity contribution in [3.8, 4) is 11.4 Å². The molecule has 0 aliphatic carbocycles. The van der Waals surface area contributed by atoms with E-state index in [1.165, 1.54) is 4.57 Å². The van der Waals surface area contributed by atoms with Gasteiger partial charge in [-0.3, -0.25) is 9.32 Å². The monoisotopic (exact) mass is 413 g/mol. The zero-order valence-electron chi connectivity index (χ0n) is 17.4. The Labute approximate surface area is 180 Å². The van der Waals surface area contributed by atoms with Crippen LogP contribution in [-0.4, -0.2) is 27.6 Å². The molecule has 0 N–H and O–H groups in total. The number of rotatable bonds is 6. The number of aromatic nitrogens is 2. The second kappa shape index (κ2) is 8.83. The van der Waals surface area contributed by atoms with Crippen molar-refractivity contribution in [2.24, 2.45) is 0 Å². The van der Waals surface area contributed by atoms with E-state index in [0.717, 1.165) is 22.3 Å². The number of likely N-dealkylation sites (N-methyl/N-ethyl adjacent to an activating group) is 1. The number of nitrogens with zero attached hydrogens (tertiary/aromatic N) is 3. The number of carbonyl (C=O) groups excluding carboxylic acids is 1. The summed E-state index contributed by atoms with van der Waals surface area (Å²) >= 11 is 0. The third kappa shape index (κ3) is 4.19. The largest absolute Gasteiger partial charge is 0.442 e. The van der Waals surface area contributed by atoms with Gasteiger partial charge in [0.25, 0.3) is 0 Å². The van der Waals surface area contributed by atoms with Crippen LogP contribution >= 0.6 is 0 Å². The van der Waals surface area contributed by atoms with Crippen LogP contribution < -0.4 is 5.76 Å². The first-order valence-electron chi connectivity index (χ1n) is 10.0. The maximum atomic E-state index is 13.3. The highest BCUT2D eigenvalue weighted by molar-refractivity contribution is 5.77. The molecule has 0 aliphatic rings. The van der Waals surface area contributed by atoms with Gasteiger partial charge in [-0.1, -0.05) is 90.1 Å². The smallest absolute Gasteiger partial charge is 0.333 e. The van der Waals surface area contributed by atoms with E-state index in [-0.39, 0.29) is 18.5 Å². The lowest BCUT2D eigenvalue weighted by atomic mass is 9.97. The number of hydrogen-bond donors (Lipinski definition) is 0. The van der Waals surface area contributed by atoms with Crippen molar-refractivity contribution in [2.75, 3.05) is 7.05 Å². The van der Waals surface area contributed by atoms with Crippen molar-refractivity contribution < 1.29 is 9.32 Å². The van der Waals surface area contributed by atoms with E-state index in [9.17, 15) is 9.59 Å². The zero-order valence-corrected chi connectivity index (χ0v) is 17.4. The SMILES string of the molecule is Cc1ccccc1-c1noc(=O)n1CC(=O)N(C)C(c1ccccc1)c1ccccc1. The lowest BCUT2D eigenvalue weighted by molar-refractivity contribution is -0.132. The van der Waals surface area contributed by atoms with E-state index in [2.05, 4.69) is 5.16 Å². The van der Waals surface area contributed by atoms with Gasteiger partial charge < -0.3 is 4.90 Å². The molecule has 6 heteroatoms. The van der Waals surface area contributed by atoms with Crippen molar-refractivity contribution in [3.63, 3.8) is 0 Å². The summed E-state index contributed by atoms with van der Waals surface area (Å²) in [5.41, 5.74) is 3.67. The molecule has 1 heterocycles. The predicted octanol–water partition coefficient (Wildman–Crippen LogP) is 4.06. The molecule has 4 rings (SSSR count). The molecule has 156 valence electrons. The Morgan fingerprint density at radius 1 is 0.935 bits per heavy atom. The van der Waals surface area contributed by atoms with E-state index in [1.807, 2.05) is 91.9 Å². The van der Waals surface area contributed by atoms with Crippen LogP contribution in [0.25, 0.3) is 11.4 Å². The number of aryl methyl sites for hydroxylation is 1. The molecule has 1 aromatic heterocycles. The van der Waals surface area contributed by atoms with Crippen molar-refractivity contribution >= 4 is 5.91 Å². The molecule has 0 aliphatic heterocycles. The molecule has 0 bridgehead atoms. The minimum absolute atomic E-state index is 0.168. The molecule has 4 aromatic rings. The fourth-order valence-corrected chi connectivity index (χ4v) is 3.73. The molecule has 3 aromatic carbocycles. The molecule has 0 saturated carbocycles. The molecule has 31 heavy (non-hydrogen) atoms. The van der Waals surface area contributed by atoms with Gasteiger partial charge in [0.05, 0.1) is 6.04 Å². The topological polar surface area (TPSA) is 68.3 Å². The first-order chi connectivity index (χ1) is 15.1.